The van der Waals surface area contributed by atoms with Gasteiger partial charge in [-0.15, -0.1) is 0 Å². The smallest absolute Gasteiger partial charge is 0.407 e. The predicted molar refractivity (Wildman–Crippen MR) is 106 cm³/mol. The highest BCUT2D eigenvalue weighted by molar-refractivity contribution is 5.85. The second-order valence-corrected chi connectivity index (χ2v) is 7.67. The van der Waals surface area contributed by atoms with E-state index in [4.69, 9.17) is 0 Å². The molecule has 1 saturated heterocycles. The third-order valence-corrected chi connectivity index (χ3v) is 4.99. The summed E-state index contributed by atoms with van der Waals surface area (Å²) in [5.41, 5.74) is 1.29. The van der Waals surface area contributed by atoms with Crippen molar-refractivity contribution in [1.29, 1.82) is 0 Å². The molecule has 0 aliphatic carbocycles. The van der Waals surface area contributed by atoms with Crippen LogP contribution in [0.3, 0.4) is 0 Å². The summed E-state index contributed by atoms with van der Waals surface area (Å²) >= 11 is 0. The van der Waals surface area contributed by atoms with E-state index in [0.717, 1.165) is 19.5 Å². The Hall–Kier alpha value is -2.08. The van der Waals surface area contributed by atoms with Gasteiger partial charge in [0.25, 0.3) is 0 Å². The molecule has 2 unspecified atom stereocenters. The van der Waals surface area contributed by atoms with Gasteiger partial charge < -0.3 is 15.4 Å². The first-order valence-electron chi connectivity index (χ1n) is 9.89. The molecule has 2 rings (SSSR count). The zero-order valence-corrected chi connectivity index (χ0v) is 16.7. The summed E-state index contributed by atoms with van der Waals surface area (Å²) in [6, 6.07) is 10.2. The summed E-state index contributed by atoms with van der Waals surface area (Å²) in [6.07, 6.45) is 3.46. The van der Waals surface area contributed by atoms with Crippen molar-refractivity contribution in [3.8, 4) is 0 Å². The molecule has 1 fully saturated rings. The van der Waals surface area contributed by atoms with Crippen LogP contribution in [0.1, 0.15) is 45.1 Å². The van der Waals surface area contributed by atoms with Crippen molar-refractivity contribution in [2.75, 3.05) is 20.2 Å². The zero-order chi connectivity index (χ0) is 19.6. The van der Waals surface area contributed by atoms with E-state index in [-0.39, 0.29) is 5.91 Å². The van der Waals surface area contributed by atoms with Crippen molar-refractivity contribution in [2.45, 2.75) is 58.2 Å². The normalized spacial score (nSPS) is 18.7. The van der Waals surface area contributed by atoms with E-state index in [9.17, 15) is 9.59 Å². The summed E-state index contributed by atoms with van der Waals surface area (Å²) in [4.78, 5) is 26.6. The molecule has 27 heavy (non-hydrogen) atoms. The van der Waals surface area contributed by atoms with Crippen LogP contribution in [0.5, 0.6) is 0 Å². The molecule has 1 aromatic carbocycles. The largest absolute Gasteiger partial charge is 0.453 e. The van der Waals surface area contributed by atoms with Gasteiger partial charge in [-0.05, 0) is 37.3 Å². The van der Waals surface area contributed by atoms with E-state index < -0.39 is 12.1 Å². The average Bonchev–Trinajstić information content (AvgIpc) is 2.67. The molecule has 2 N–H and O–H groups in total. The highest BCUT2D eigenvalue weighted by atomic mass is 16.5. The number of nitrogens with one attached hydrogen (secondary N) is 2. The molecule has 150 valence electrons. The van der Waals surface area contributed by atoms with Gasteiger partial charge in [0.15, 0.2) is 0 Å². The Bertz CT molecular complexity index is 592. The lowest BCUT2D eigenvalue weighted by molar-refractivity contribution is -0.123. The Morgan fingerprint density at radius 1 is 1.22 bits per heavy atom. The Morgan fingerprint density at radius 2 is 1.96 bits per heavy atom. The summed E-state index contributed by atoms with van der Waals surface area (Å²) in [7, 11) is 1.31. The molecular formula is C21H33N3O3. The number of hydrogen-bond donors (Lipinski definition) is 2. The zero-order valence-electron chi connectivity index (χ0n) is 16.7. The summed E-state index contributed by atoms with van der Waals surface area (Å²) in [6.45, 7) is 6.61. The number of likely N-dealkylation sites (tertiary alicyclic amines) is 1. The number of nitrogens with zero attached hydrogens (tertiary/aromatic N) is 1. The molecule has 0 aromatic heterocycles. The van der Waals surface area contributed by atoms with Gasteiger partial charge in [0, 0.05) is 19.1 Å². The lowest BCUT2D eigenvalue weighted by Crippen LogP contribution is -2.51. The molecule has 0 bridgehead atoms. The second-order valence-electron chi connectivity index (χ2n) is 7.67. The van der Waals surface area contributed by atoms with E-state index in [1.54, 1.807) is 0 Å². The third-order valence-electron chi connectivity index (χ3n) is 4.99. The minimum atomic E-state index is -0.570. The Balaban J connectivity index is 1.92. The van der Waals surface area contributed by atoms with Gasteiger partial charge in [-0.1, -0.05) is 50.6 Å². The van der Waals surface area contributed by atoms with Crippen LogP contribution in [0.25, 0.3) is 0 Å². The van der Waals surface area contributed by atoms with Crippen molar-refractivity contribution < 1.29 is 14.3 Å². The molecule has 1 aliphatic heterocycles. The summed E-state index contributed by atoms with van der Waals surface area (Å²) < 4.78 is 4.65. The number of alkyl carbamates (subject to hydrolysis) is 1. The maximum Gasteiger partial charge on any atom is 0.407 e. The fraction of sp³-hybridized carbons (Fsp3) is 0.619. The Labute approximate surface area is 162 Å². The van der Waals surface area contributed by atoms with Crippen molar-refractivity contribution in [1.82, 2.24) is 15.5 Å². The molecular weight excluding hydrogens is 342 g/mol. The number of carbonyl (C=O) groups excluding carboxylic acids is 2. The van der Waals surface area contributed by atoms with E-state index in [0.29, 0.717) is 24.9 Å². The topological polar surface area (TPSA) is 70.7 Å². The molecule has 0 spiro atoms. The summed E-state index contributed by atoms with van der Waals surface area (Å²) in [5, 5.41) is 5.70. The lowest BCUT2D eigenvalue weighted by Gasteiger charge is -2.36. The van der Waals surface area contributed by atoms with Gasteiger partial charge in [-0.3, -0.25) is 9.69 Å². The maximum atomic E-state index is 12.6. The standard InChI is InChI=1S/C21H33N3O3/c1-16(2)13-19(23-21(26)27-3)20(25)22-14-18-11-7-8-12-24(18)15-17-9-5-4-6-10-17/h4-6,9-10,16,18-19H,7-8,11-15H2,1-3H3,(H,22,25)(H,23,26). The Morgan fingerprint density at radius 3 is 2.63 bits per heavy atom. The highest BCUT2D eigenvalue weighted by Gasteiger charge is 2.26. The maximum absolute atomic E-state index is 12.6. The minimum Gasteiger partial charge on any atom is -0.453 e. The van der Waals surface area contributed by atoms with E-state index >= 15 is 0 Å². The third kappa shape index (κ3) is 7.21. The first-order chi connectivity index (χ1) is 13.0. The van der Waals surface area contributed by atoms with Gasteiger partial charge in [0.2, 0.25) is 5.91 Å². The van der Waals surface area contributed by atoms with Crippen LogP contribution in [0.2, 0.25) is 0 Å². The number of hydrogen-bond acceptors (Lipinski definition) is 4. The number of methoxy groups -OCH3 is 1. The van der Waals surface area contributed by atoms with E-state index in [1.807, 2.05) is 19.9 Å². The fourth-order valence-corrected chi connectivity index (χ4v) is 3.56. The van der Waals surface area contributed by atoms with Gasteiger partial charge >= 0.3 is 6.09 Å². The van der Waals surface area contributed by atoms with Gasteiger partial charge in [-0.2, -0.15) is 0 Å². The van der Waals surface area contributed by atoms with Crippen molar-refractivity contribution >= 4 is 12.0 Å². The molecule has 1 aromatic rings. The number of rotatable bonds is 8. The molecule has 2 amide bonds. The molecule has 0 radical (unpaired) electrons. The number of benzene rings is 1. The monoisotopic (exact) mass is 375 g/mol. The first kappa shape index (κ1) is 21.2. The highest BCUT2D eigenvalue weighted by Crippen LogP contribution is 2.19. The molecule has 6 heteroatoms. The number of carbonyl (C=O) groups is 2. The molecule has 2 atom stereocenters. The van der Waals surface area contributed by atoms with Crippen LogP contribution in [-0.2, 0) is 16.1 Å². The van der Waals surface area contributed by atoms with Crippen molar-refractivity contribution in [3.63, 3.8) is 0 Å². The summed E-state index contributed by atoms with van der Waals surface area (Å²) in [5.74, 6) is 0.154. The average molecular weight is 376 g/mol. The first-order valence-corrected chi connectivity index (χ1v) is 9.89. The van der Waals surface area contributed by atoms with Crippen LogP contribution in [0, 0.1) is 5.92 Å². The quantitative estimate of drug-likeness (QED) is 0.733. The Kier molecular flexibility index (Phi) is 8.58. The van der Waals surface area contributed by atoms with E-state index in [1.165, 1.54) is 25.5 Å². The van der Waals surface area contributed by atoms with E-state index in [2.05, 4.69) is 44.5 Å². The van der Waals surface area contributed by atoms with Crippen LogP contribution >= 0.6 is 0 Å². The molecule has 1 heterocycles. The number of piperidine rings is 1. The molecule has 1 aliphatic rings. The van der Waals surface area contributed by atoms with Gasteiger partial charge in [-0.25, -0.2) is 4.79 Å². The fourth-order valence-electron chi connectivity index (χ4n) is 3.56. The minimum absolute atomic E-state index is 0.140. The van der Waals surface area contributed by atoms with Crippen LogP contribution in [-0.4, -0.2) is 49.2 Å². The molecule has 0 saturated carbocycles. The SMILES string of the molecule is COC(=O)NC(CC(C)C)C(=O)NCC1CCCCN1Cc1ccccc1. The van der Waals surface area contributed by atoms with Gasteiger partial charge in [0.05, 0.1) is 7.11 Å². The number of amides is 2. The second kappa shape index (κ2) is 10.9. The van der Waals surface area contributed by atoms with Crippen LogP contribution < -0.4 is 10.6 Å². The number of ether oxygens (including phenoxy) is 1. The van der Waals surface area contributed by atoms with Crippen molar-refractivity contribution in [2.24, 2.45) is 5.92 Å². The predicted octanol–water partition coefficient (Wildman–Crippen LogP) is 2.93. The van der Waals surface area contributed by atoms with Gasteiger partial charge in [0.1, 0.15) is 6.04 Å². The van der Waals surface area contributed by atoms with Crippen LogP contribution in [0.4, 0.5) is 4.79 Å². The van der Waals surface area contributed by atoms with Crippen molar-refractivity contribution in [3.05, 3.63) is 35.9 Å². The lowest BCUT2D eigenvalue weighted by atomic mass is 10.00. The molecule has 6 nitrogen and oxygen atoms in total. The van der Waals surface area contributed by atoms with Crippen LogP contribution in [0.15, 0.2) is 30.3 Å².